The van der Waals surface area contributed by atoms with Crippen molar-refractivity contribution in [2.24, 2.45) is 0 Å². The molecule has 0 bridgehead atoms. The average Bonchev–Trinajstić information content (AvgIpc) is 2.39. The summed E-state index contributed by atoms with van der Waals surface area (Å²) in [6, 6.07) is 6.17. The smallest absolute Gasteiger partial charge is 0.269 e. The maximum absolute atomic E-state index is 10.5. The number of hydrogen-bond donors (Lipinski definition) is 0. The Balaban J connectivity index is 2.06. The molecule has 6 heteroatoms. The van der Waals surface area contributed by atoms with Crippen LogP contribution >= 0.6 is 15.9 Å². The Labute approximate surface area is 106 Å². The van der Waals surface area contributed by atoms with Crippen LogP contribution in [0, 0.1) is 10.1 Å². The molecular weight excluding hydrogens is 290 g/mol. The highest BCUT2D eigenvalue weighted by Crippen LogP contribution is 2.26. The van der Waals surface area contributed by atoms with Crippen molar-refractivity contribution in [2.45, 2.75) is 6.29 Å². The topological polar surface area (TPSA) is 61.6 Å². The average molecular weight is 300 g/mol. The predicted octanol–water partition coefficient (Wildman–Crippen LogP) is 2.92. The summed E-state index contributed by atoms with van der Waals surface area (Å²) in [4.78, 5) is 11.8. The molecule has 0 N–H and O–H groups in total. The number of nitro groups is 1. The fraction of sp³-hybridized carbons (Fsp3) is 0.273. The molecule has 2 rings (SSSR count). The quantitative estimate of drug-likeness (QED) is 0.622. The first-order chi connectivity index (χ1) is 8.20. The summed E-state index contributed by atoms with van der Waals surface area (Å²) in [6.45, 7) is 0.986. The fourth-order valence-electron chi connectivity index (χ4n) is 1.46. The van der Waals surface area contributed by atoms with Crippen molar-refractivity contribution >= 4 is 21.6 Å². The summed E-state index contributed by atoms with van der Waals surface area (Å²) in [7, 11) is 0. The van der Waals surface area contributed by atoms with Gasteiger partial charge in [-0.25, -0.2) is 0 Å². The molecule has 0 unspecified atom stereocenters. The van der Waals surface area contributed by atoms with E-state index in [2.05, 4.69) is 15.9 Å². The van der Waals surface area contributed by atoms with Gasteiger partial charge in [-0.2, -0.15) is 0 Å². The minimum Gasteiger partial charge on any atom is -0.344 e. The van der Waals surface area contributed by atoms with Crippen LogP contribution in [0.4, 0.5) is 5.69 Å². The molecule has 1 aromatic carbocycles. The minimum atomic E-state index is -0.452. The first-order valence-corrected chi connectivity index (χ1v) is 5.88. The van der Waals surface area contributed by atoms with Crippen LogP contribution in [0.3, 0.4) is 0 Å². The van der Waals surface area contributed by atoms with Crippen LogP contribution in [0.25, 0.3) is 0 Å². The minimum absolute atomic E-state index is 0.0607. The Kier molecular flexibility index (Phi) is 3.88. The number of rotatable bonds is 2. The zero-order chi connectivity index (χ0) is 12.3. The van der Waals surface area contributed by atoms with Crippen molar-refractivity contribution < 1.29 is 14.4 Å². The molecule has 0 spiro atoms. The molecule has 0 amide bonds. The van der Waals surface area contributed by atoms with Crippen LogP contribution in [0.1, 0.15) is 11.9 Å². The molecule has 0 aliphatic carbocycles. The first-order valence-electron chi connectivity index (χ1n) is 4.96. The van der Waals surface area contributed by atoms with Crippen molar-refractivity contribution in [3.63, 3.8) is 0 Å². The third-order valence-corrected chi connectivity index (χ3v) is 3.02. The molecule has 0 radical (unpaired) electrons. The Morgan fingerprint density at radius 3 is 2.35 bits per heavy atom. The van der Waals surface area contributed by atoms with Crippen LogP contribution in [-0.4, -0.2) is 18.1 Å². The van der Waals surface area contributed by atoms with Crippen molar-refractivity contribution in [3.05, 3.63) is 50.5 Å². The molecule has 1 heterocycles. The van der Waals surface area contributed by atoms with E-state index < -0.39 is 11.2 Å². The SMILES string of the molecule is O=[N+]([O-])c1ccc(C2OCC(=CBr)CO2)cc1. The second kappa shape index (κ2) is 5.39. The highest BCUT2D eigenvalue weighted by atomic mass is 79.9. The van der Waals surface area contributed by atoms with E-state index in [0.717, 1.165) is 11.1 Å². The van der Waals surface area contributed by atoms with E-state index in [4.69, 9.17) is 9.47 Å². The lowest BCUT2D eigenvalue weighted by Gasteiger charge is -2.25. The van der Waals surface area contributed by atoms with E-state index in [1.807, 2.05) is 0 Å². The molecule has 1 saturated heterocycles. The number of nitrogens with zero attached hydrogens (tertiary/aromatic N) is 1. The molecular formula is C11H10BrNO4. The lowest BCUT2D eigenvalue weighted by molar-refractivity contribution is -0.384. The maximum Gasteiger partial charge on any atom is 0.269 e. The highest BCUT2D eigenvalue weighted by molar-refractivity contribution is 9.11. The monoisotopic (exact) mass is 299 g/mol. The van der Waals surface area contributed by atoms with Crippen LogP contribution < -0.4 is 0 Å². The van der Waals surface area contributed by atoms with Crippen LogP contribution in [0.15, 0.2) is 34.8 Å². The van der Waals surface area contributed by atoms with Crippen molar-refractivity contribution in [3.8, 4) is 0 Å². The lowest BCUT2D eigenvalue weighted by atomic mass is 10.2. The summed E-state index contributed by atoms with van der Waals surface area (Å²) >= 11 is 3.22. The number of benzene rings is 1. The van der Waals surface area contributed by atoms with Gasteiger partial charge in [-0.3, -0.25) is 10.1 Å². The third-order valence-electron chi connectivity index (χ3n) is 2.37. The Morgan fingerprint density at radius 1 is 1.29 bits per heavy atom. The molecule has 1 aromatic rings. The summed E-state index contributed by atoms with van der Waals surface area (Å²) in [5, 5.41) is 10.5. The Hall–Kier alpha value is -1.24. The van der Waals surface area contributed by atoms with E-state index in [1.54, 1.807) is 17.1 Å². The van der Waals surface area contributed by atoms with Gasteiger partial charge >= 0.3 is 0 Å². The van der Waals surface area contributed by atoms with E-state index in [1.165, 1.54) is 12.1 Å². The molecule has 0 saturated carbocycles. The molecule has 90 valence electrons. The number of halogens is 1. The molecule has 1 fully saturated rings. The summed E-state index contributed by atoms with van der Waals surface area (Å²) < 4.78 is 11.0. The Bertz CT molecular complexity index is 433. The van der Waals surface area contributed by atoms with Crippen molar-refractivity contribution in [1.29, 1.82) is 0 Å². The second-order valence-corrected chi connectivity index (χ2v) is 4.03. The van der Waals surface area contributed by atoms with Gasteiger partial charge < -0.3 is 9.47 Å². The molecule has 1 aliphatic heterocycles. The van der Waals surface area contributed by atoms with Gasteiger partial charge in [-0.05, 0) is 22.7 Å². The van der Waals surface area contributed by atoms with Crippen LogP contribution in [-0.2, 0) is 9.47 Å². The van der Waals surface area contributed by atoms with E-state index in [9.17, 15) is 10.1 Å². The molecule has 0 atom stereocenters. The normalized spacial score (nSPS) is 20.1. The van der Waals surface area contributed by atoms with Crippen molar-refractivity contribution in [2.75, 3.05) is 13.2 Å². The van der Waals surface area contributed by atoms with Crippen LogP contribution in [0.5, 0.6) is 0 Å². The molecule has 17 heavy (non-hydrogen) atoms. The number of hydrogen-bond acceptors (Lipinski definition) is 4. The maximum atomic E-state index is 10.5. The summed E-state index contributed by atoms with van der Waals surface area (Å²) in [5.74, 6) is 0. The van der Waals surface area contributed by atoms with Gasteiger partial charge in [0.1, 0.15) is 0 Å². The third kappa shape index (κ3) is 2.91. The van der Waals surface area contributed by atoms with Gasteiger partial charge in [0, 0.05) is 17.7 Å². The molecule has 5 nitrogen and oxygen atoms in total. The lowest BCUT2D eigenvalue weighted by Crippen LogP contribution is -2.20. The summed E-state index contributed by atoms with van der Waals surface area (Å²) in [6.07, 6.45) is -0.452. The first kappa shape index (κ1) is 12.2. The second-order valence-electron chi connectivity index (χ2n) is 3.57. The largest absolute Gasteiger partial charge is 0.344 e. The van der Waals surface area contributed by atoms with Gasteiger partial charge in [-0.1, -0.05) is 15.9 Å². The highest BCUT2D eigenvalue weighted by Gasteiger charge is 2.19. The summed E-state index contributed by atoms with van der Waals surface area (Å²) in [5.41, 5.74) is 1.86. The fourth-order valence-corrected chi connectivity index (χ4v) is 1.73. The Morgan fingerprint density at radius 2 is 1.88 bits per heavy atom. The predicted molar refractivity (Wildman–Crippen MR) is 64.8 cm³/mol. The number of ether oxygens (including phenoxy) is 2. The van der Waals surface area contributed by atoms with Gasteiger partial charge in [0.05, 0.1) is 18.1 Å². The zero-order valence-corrected chi connectivity index (χ0v) is 10.4. The van der Waals surface area contributed by atoms with Gasteiger partial charge in [0.15, 0.2) is 6.29 Å². The van der Waals surface area contributed by atoms with E-state index in [0.29, 0.717) is 13.2 Å². The molecule has 0 aromatic heterocycles. The van der Waals surface area contributed by atoms with Gasteiger partial charge in [-0.15, -0.1) is 0 Å². The van der Waals surface area contributed by atoms with Crippen LogP contribution in [0.2, 0.25) is 0 Å². The molecule has 1 aliphatic rings. The van der Waals surface area contributed by atoms with Crippen molar-refractivity contribution in [1.82, 2.24) is 0 Å². The standard InChI is InChI=1S/C11H10BrNO4/c12-5-8-6-16-11(17-7-8)9-1-3-10(4-2-9)13(14)15/h1-5,11H,6-7H2. The zero-order valence-electron chi connectivity index (χ0n) is 8.84. The van der Waals surface area contributed by atoms with Gasteiger partial charge in [0.25, 0.3) is 5.69 Å². The van der Waals surface area contributed by atoms with Gasteiger partial charge in [0.2, 0.25) is 0 Å². The number of nitro benzene ring substituents is 1. The van der Waals surface area contributed by atoms with E-state index >= 15 is 0 Å². The number of non-ortho nitro benzene ring substituents is 1. The van der Waals surface area contributed by atoms with E-state index in [-0.39, 0.29) is 5.69 Å².